The highest BCUT2D eigenvalue weighted by Gasteiger charge is 2.28. The molecule has 1 atom stereocenters. The highest BCUT2D eigenvalue weighted by molar-refractivity contribution is 7.99. The van der Waals surface area contributed by atoms with E-state index in [1.807, 2.05) is 0 Å². The predicted octanol–water partition coefficient (Wildman–Crippen LogP) is 1.83. The van der Waals surface area contributed by atoms with Crippen molar-refractivity contribution in [3.05, 3.63) is 29.8 Å². The molecule has 0 radical (unpaired) electrons. The Morgan fingerprint density at radius 1 is 1.28 bits per heavy atom. The zero-order valence-corrected chi connectivity index (χ0v) is 16.0. The Bertz CT molecular complexity index is 728. The van der Waals surface area contributed by atoms with Crippen LogP contribution in [0.2, 0.25) is 0 Å². The van der Waals surface area contributed by atoms with Crippen LogP contribution in [-0.4, -0.2) is 59.6 Å². The molecular weight excluding hydrogens is 362 g/mol. The second-order valence-corrected chi connectivity index (χ2v) is 9.98. The van der Waals surface area contributed by atoms with Crippen molar-refractivity contribution in [2.45, 2.75) is 42.9 Å². The zero-order valence-electron chi connectivity index (χ0n) is 14.3. The minimum atomic E-state index is -3.33. The van der Waals surface area contributed by atoms with Crippen molar-refractivity contribution in [3.63, 3.8) is 0 Å². The monoisotopic (exact) mass is 385 g/mol. The molecule has 1 aliphatic rings. The van der Waals surface area contributed by atoms with E-state index in [9.17, 15) is 18.0 Å². The Labute approximate surface area is 152 Å². The molecule has 8 heteroatoms. The molecule has 1 amide bonds. The summed E-state index contributed by atoms with van der Waals surface area (Å²) in [5, 5.41) is 8.50. The van der Waals surface area contributed by atoms with E-state index in [1.54, 1.807) is 42.6 Å². The molecule has 1 aromatic rings. The van der Waals surface area contributed by atoms with Gasteiger partial charge in [0.05, 0.1) is 29.0 Å². The van der Waals surface area contributed by atoms with Gasteiger partial charge in [0.2, 0.25) is 5.91 Å². The maximum absolute atomic E-state index is 12.6. The molecular formula is C17H23NO5S2. The van der Waals surface area contributed by atoms with Crippen LogP contribution in [-0.2, 0) is 25.8 Å². The van der Waals surface area contributed by atoms with Crippen LogP contribution in [0.15, 0.2) is 29.2 Å². The summed E-state index contributed by atoms with van der Waals surface area (Å²) in [6.45, 7) is 3.80. The van der Waals surface area contributed by atoms with E-state index in [1.165, 1.54) is 12.1 Å². The fraction of sp³-hybridized carbons (Fsp3) is 0.529. The number of carboxylic acid groups (broad SMARTS) is 1. The zero-order chi connectivity index (χ0) is 18.6. The van der Waals surface area contributed by atoms with E-state index in [0.717, 1.165) is 11.3 Å². The number of rotatable bonds is 6. The van der Waals surface area contributed by atoms with Gasteiger partial charge in [0, 0.05) is 18.1 Å². The number of benzene rings is 1. The molecule has 1 fully saturated rings. The lowest BCUT2D eigenvalue weighted by molar-refractivity contribution is -0.140. The number of carbonyl (C=O) groups is 2. The van der Waals surface area contributed by atoms with Gasteiger partial charge in [-0.3, -0.25) is 9.59 Å². The van der Waals surface area contributed by atoms with Crippen LogP contribution in [0.25, 0.3) is 0 Å². The molecule has 0 aromatic heterocycles. The number of thioether (sulfide) groups is 1. The van der Waals surface area contributed by atoms with Gasteiger partial charge in [-0.1, -0.05) is 12.1 Å². The molecule has 0 aliphatic carbocycles. The first-order valence-corrected chi connectivity index (χ1v) is 10.8. The Kier molecular flexibility index (Phi) is 6.51. The number of nitrogens with zero attached hydrogens (tertiary/aromatic N) is 1. The SMILES string of the molecule is CC(C)S(=O)(=O)c1ccc(CC(=O)N2CCSCC2CC(=O)O)cc1. The normalized spacial score (nSPS) is 18.4. The lowest BCUT2D eigenvalue weighted by atomic mass is 10.1. The highest BCUT2D eigenvalue weighted by atomic mass is 32.2. The van der Waals surface area contributed by atoms with Crippen molar-refractivity contribution in [3.8, 4) is 0 Å². The molecule has 1 saturated heterocycles. The van der Waals surface area contributed by atoms with Crippen molar-refractivity contribution in [1.82, 2.24) is 4.90 Å². The number of aliphatic carboxylic acids is 1. The average Bonchev–Trinajstić information content (AvgIpc) is 2.55. The quantitative estimate of drug-likeness (QED) is 0.803. The summed E-state index contributed by atoms with van der Waals surface area (Å²) in [6, 6.07) is 6.07. The van der Waals surface area contributed by atoms with Gasteiger partial charge in [-0.25, -0.2) is 8.42 Å². The summed E-state index contributed by atoms with van der Waals surface area (Å²) in [5.74, 6) is 0.399. The van der Waals surface area contributed by atoms with E-state index >= 15 is 0 Å². The van der Waals surface area contributed by atoms with Crippen molar-refractivity contribution in [2.75, 3.05) is 18.1 Å². The van der Waals surface area contributed by atoms with E-state index in [-0.39, 0.29) is 29.7 Å². The standard InChI is InChI=1S/C17H23NO5S2/c1-12(2)25(22,23)15-5-3-13(4-6-15)9-16(19)18-7-8-24-11-14(18)10-17(20)21/h3-6,12,14H,7-11H2,1-2H3,(H,20,21). The van der Waals surface area contributed by atoms with Crippen molar-refractivity contribution in [2.24, 2.45) is 0 Å². The van der Waals surface area contributed by atoms with Crippen LogP contribution in [0.4, 0.5) is 0 Å². The summed E-state index contributed by atoms with van der Waals surface area (Å²) < 4.78 is 24.3. The van der Waals surface area contributed by atoms with E-state index in [2.05, 4.69) is 0 Å². The van der Waals surface area contributed by atoms with Gasteiger partial charge >= 0.3 is 5.97 Å². The largest absolute Gasteiger partial charge is 0.481 e. The third-order valence-corrected chi connectivity index (χ3v) is 7.45. The molecule has 1 heterocycles. The summed E-state index contributed by atoms with van der Waals surface area (Å²) in [6.07, 6.45) is 0.0904. The Balaban J connectivity index is 2.08. The molecule has 2 rings (SSSR count). The third-order valence-electron chi connectivity index (χ3n) is 4.19. The van der Waals surface area contributed by atoms with Crippen LogP contribution in [0, 0.1) is 0 Å². The van der Waals surface area contributed by atoms with Crippen LogP contribution in [0.5, 0.6) is 0 Å². The van der Waals surface area contributed by atoms with E-state index in [0.29, 0.717) is 12.3 Å². The number of hydrogen-bond acceptors (Lipinski definition) is 5. The van der Waals surface area contributed by atoms with Crippen molar-refractivity contribution < 1.29 is 23.1 Å². The lowest BCUT2D eigenvalue weighted by Crippen LogP contribution is -2.47. The van der Waals surface area contributed by atoms with Crippen LogP contribution in [0.1, 0.15) is 25.8 Å². The fourth-order valence-corrected chi connectivity index (χ4v) is 4.82. The molecule has 25 heavy (non-hydrogen) atoms. The first kappa shape index (κ1) is 19.8. The topological polar surface area (TPSA) is 91.8 Å². The molecule has 6 nitrogen and oxygen atoms in total. The molecule has 1 aromatic carbocycles. The number of carboxylic acids is 1. The second kappa shape index (κ2) is 8.23. The number of amides is 1. The maximum atomic E-state index is 12.6. The fourth-order valence-electron chi connectivity index (χ4n) is 2.70. The van der Waals surface area contributed by atoms with Gasteiger partial charge in [-0.15, -0.1) is 0 Å². The summed E-state index contributed by atoms with van der Waals surface area (Å²) in [5.41, 5.74) is 0.722. The van der Waals surface area contributed by atoms with Crippen LogP contribution < -0.4 is 0 Å². The Morgan fingerprint density at radius 2 is 1.92 bits per heavy atom. The summed E-state index contributed by atoms with van der Waals surface area (Å²) in [4.78, 5) is 25.4. The molecule has 1 unspecified atom stereocenters. The van der Waals surface area contributed by atoms with E-state index in [4.69, 9.17) is 5.11 Å². The van der Waals surface area contributed by atoms with Crippen LogP contribution >= 0.6 is 11.8 Å². The maximum Gasteiger partial charge on any atom is 0.305 e. The minimum Gasteiger partial charge on any atom is -0.481 e. The Morgan fingerprint density at radius 3 is 2.48 bits per heavy atom. The molecule has 0 saturated carbocycles. The minimum absolute atomic E-state index is 0.0513. The van der Waals surface area contributed by atoms with Crippen molar-refractivity contribution >= 4 is 33.5 Å². The smallest absolute Gasteiger partial charge is 0.305 e. The Hall–Kier alpha value is -1.54. The first-order chi connectivity index (χ1) is 11.7. The number of sulfone groups is 1. The molecule has 0 spiro atoms. The van der Waals surface area contributed by atoms with Crippen molar-refractivity contribution in [1.29, 1.82) is 0 Å². The third kappa shape index (κ3) is 4.98. The molecule has 0 bridgehead atoms. The van der Waals surface area contributed by atoms with E-state index < -0.39 is 21.1 Å². The number of hydrogen-bond donors (Lipinski definition) is 1. The van der Waals surface area contributed by atoms with Crippen LogP contribution in [0.3, 0.4) is 0 Å². The summed E-state index contributed by atoms with van der Waals surface area (Å²) >= 11 is 1.66. The lowest BCUT2D eigenvalue weighted by Gasteiger charge is -2.34. The van der Waals surface area contributed by atoms with Gasteiger partial charge in [0.25, 0.3) is 0 Å². The average molecular weight is 386 g/mol. The molecule has 1 N–H and O–H groups in total. The second-order valence-electron chi connectivity index (χ2n) is 6.33. The van der Waals surface area contributed by atoms with Gasteiger partial charge in [-0.05, 0) is 31.5 Å². The van der Waals surface area contributed by atoms with Gasteiger partial charge < -0.3 is 10.0 Å². The van der Waals surface area contributed by atoms with Gasteiger partial charge in [0.1, 0.15) is 0 Å². The highest BCUT2D eigenvalue weighted by Crippen LogP contribution is 2.21. The molecule has 1 aliphatic heterocycles. The number of carbonyl (C=O) groups excluding carboxylic acids is 1. The predicted molar refractivity (Wildman–Crippen MR) is 97.5 cm³/mol. The summed E-state index contributed by atoms with van der Waals surface area (Å²) in [7, 11) is -3.33. The van der Waals surface area contributed by atoms with Gasteiger partial charge in [0.15, 0.2) is 9.84 Å². The first-order valence-electron chi connectivity index (χ1n) is 8.13. The molecule has 138 valence electrons. The van der Waals surface area contributed by atoms with Gasteiger partial charge in [-0.2, -0.15) is 11.8 Å².